The van der Waals surface area contributed by atoms with Crippen molar-refractivity contribution in [1.29, 1.82) is 0 Å². The lowest BCUT2D eigenvalue weighted by molar-refractivity contribution is -0.214. The molecule has 6 heteroatoms. The summed E-state index contributed by atoms with van der Waals surface area (Å²) in [5.74, 6) is 0. The number of fused-ring (bicyclic) bond motifs is 1. The first kappa shape index (κ1) is 26.9. The number of hydrogen-bond donors (Lipinski definition) is 0. The molecule has 0 saturated carbocycles. The second-order valence-corrected chi connectivity index (χ2v) is 11.1. The molecule has 0 aromatic heterocycles. The summed E-state index contributed by atoms with van der Waals surface area (Å²) in [6.45, 7) is 1.83. The third-order valence-corrected chi connectivity index (χ3v) is 8.42. The summed E-state index contributed by atoms with van der Waals surface area (Å²) in [6, 6.07) is 41.0. The Bertz CT molecular complexity index is 1350. The molecule has 0 bridgehead atoms. The number of benzene rings is 4. The molecule has 2 heterocycles. The van der Waals surface area contributed by atoms with E-state index in [1.54, 1.807) is 11.8 Å². The molecule has 0 amide bonds. The molecule has 1 fully saturated rings. The fourth-order valence-electron chi connectivity index (χ4n) is 5.05. The van der Waals surface area contributed by atoms with Gasteiger partial charge in [-0.3, -0.25) is 0 Å². The van der Waals surface area contributed by atoms with Gasteiger partial charge in [-0.1, -0.05) is 133 Å². The molecule has 40 heavy (non-hydrogen) atoms. The largest absolute Gasteiger partial charge is 0.374 e. The van der Waals surface area contributed by atoms with E-state index in [9.17, 15) is 0 Å². The molecule has 0 N–H and O–H groups in total. The summed E-state index contributed by atoms with van der Waals surface area (Å²) >= 11 is 1.72. The number of hydrogen-bond acceptors (Lipinski definition) is 6. The van der Waals surface area contributed by atoms with Crippen molar-refractivity contribution in [2.45, 2.75) is 49.6 Å². The van der Waals surface area contributed by atoms with Crippen molar-refractivity contribution in [3.63, 3.8) is 0 Å². The Morgan fingerprint density at radius 2 is 1.10 bits per heavy atom. The molecule has 1 saturated heterocycles. The van der Waals surface area contributed by atoms with E-state index in [0.717, 1.165) is 27.3 Å². The van der Waals surface area contributed by atoms with Gasteiger partial charge < -0.3 is 18.9 Å². The molecule has 5 atom stereocenters. The van der Waals surface area contributed by atoms with Crippen LogP contribution in [0.4, 0.5) is 0 Å². The Morgan fingerprint density at radius 3 is 1.68 bits per heavy atom. The van der Waals surface area contributed by atoms with Crippen LogP contribution in [0.3, 0.4) is 0 Å². The van der Waals surface area contributed by atoms with Gasteiger partial charge in [0.1, 0.15) is 23.4 Å². The van der Waals surface area contributed by atoms with Crippen molar-refractivity contribution in [2.24, 2.45) is 4.99 Å². The minimum absolute atomic E-state index is 0.0370. The van der Waals surface area contributed by atoms with E-state index < -0.39 is 0 Å². The predicted molar refractivity (Wildman–Crippen MR) is 159 cm³/mol. The van der Waals surface area contributed by atoms with Crippen LogP contribution >= 0.6 is 11.8 Å². The van der Waals surface area contributed by atoms with Crippen molar-refractivity contribution in [2.75, 3.05) is 6.61 Å². The lowest BCUT2D eigenvalue weighted by Crippen LogP contribution is -2.58. The quantitative estimate of drug-likeness (QED) is 0.209. The summed E-state index contributed by atoms with van der Waals surface area (Å²) in [7, 11) is 0. The number of thioether (sulfide) groups is 1. The molecule has 2 aliphatic rings. The monoisotopic (exact) mass is 551 g/mol. The molecule has 0 radical (unpaired) electrons. The third kappa shape index (κ3) is 6.72. The maximum atomic E-state index is 6.71. The third-order valence-electron chi connectivity index (χ3n) is 7.09. The van der Waals surface area contributed by atoms with Gasteiger partial charge in [-0.05, 0) is 16.7 Å². The van der Waals surface area contributed by atoms with Gasteiger partial charge in [-0.15, -0.1) is 0 Å². The molecule has 4 aromatic rings. The van der Waals surface area contributed by atoms with Gasteiger partial charge in [-0.2, -0.15) is 0 Å². The zero-order valence-electron chi connectivity index (χ0n) is 22.3. The molecular formula is C34H33NO4S. The molecular weight excluding hydrogens is 518 g/mol. The van der Waals surface area contributed by atoms with Crippen LogP contribution in [0, 0.1) is 0 Å². The molecule has 5 nitrogen and oxygen atoms in total. The normalized spacial score (nSPS) is 23.9. The van der Waals surface area contributed by atoms with Crippen molar-refractivity contribution in [1.82, 2.24) is 0 Å². The van der Waals surface area contributed by atoms with E-state index in [0.29, 0.717) is 26.4 Å². The molecule has 0 unspecified atom stereocenters. The molecule has 0 spiro atoms. The lowest BCUT2D eigenvalue weighted by atomic mass is 9.99. The Balaban J connectivity index is 1.25. The first-order valence-electron chi connectivity index (χ1n) is 13.7. The highest BCUT2D eigenvalue weighted by molar-refractivity contribution is 8.15. The van der Waals surface area contributed by atoms with Crippen LogP contribution in [-0.4, -0.2) is 41.4 Å². The Kier molecular flexibility index (Phi) is 9.02. The number of rotatable bonds is 11. The average molecular weight is 552 g/mol. The maximum Gasteiger partial charge on any atom is 0.165 e. The fourth-order valence-corrected chi connectivity index (χ4v) is 6.35. The van der Waals surface area contributed by atoms with Gasteiger partial charge in [0.2, 0.25) is 0 Å². The summed E-state index contributed by atoms with van der Waals surface area (Å²) in [5, 5.41) is 0.932. The Morgan fingerprint density at radius 1 is 0.600 bits per heavy atom. The van der Waals surface area contributed by atoms with E-state index in [-0.39, 0.29) is 29.8 Å². The number of nitrogens with zero attached hydrogens (tertiary/aromatic N) is 1. The first-order valence-corrected chi connectivity index (χ1v) is 14.6. The standard InChI is InChI=1S/C34H33NO4S/c1-5-13-25(14-6-1)21-36-24-29-30(37-22-26-15-7-2-8-16-26)31(38-23-27-17-9-3-10-18-27)32-33(39-29)35-34(40-32)28-19-11-4-12-20-28/h1-20,29-33H,21-24H2/t29-,30-,31+,32-,33+/m1/s1. The van der Waals surface area contributed by atoms with Crippen LogP contribution in [0.2, 0.25) is 0 Å². The van der Waals surface area contributed by atoms with Gasteiger partial charge in [-0.25, -0.2) is 4.99 Å². The minimum Gasteiger partial charge on any atom is -0.374 e. The summed E-state index contributed by atoms with van der Waals surface area (Å²) in [4.78, 5) is 5.02. The SMILES string of the molecule is c1ccc(COC[C@H]2O[C@@H]3N=C(c4ccccc4)S[C@@H]3[C@@H](OCc3ccccc3)[C@@H]2OCc2ccccc2)cc1. The minimum atomic E-state index is -0.345. The van der Waals surface area contributed by atoms with Crippen molar-refractivity contribution in [3.8, 4) is 0 Å². The number of ether oxygens (including phenoxy) is 4. The molecule has 4 aromatic carbocycles. The van der Waals surface area contributed by atoms with Gasteiger partial charge in [0.25, 0.3) is 0 Å². The van der Waals surface area contributed by atoms with E-state index >= 15 is 0 Å². The zero-order valence-corrected chi connectivity index (χ0v) is 23.1. The summed E-state index contributed by atoms with van der Waals surface area (Å²) in [6.07, 6.45) is -1.27. The lowest BCUT2D eigenvalue weighted by Gasteiger charge is -2.43. The average Bonchev–Trinajstić information content (AvgIpc) is 3.45. The van der Waals surface area contributed by atoms with Crippen LogP contribution in [0.15, 0.2) is 126 Å². The second-order valence-electron chi connectivity index (χ2n) is 9.97. The highest BCUT2D eigenvalue weighted by Gasteiger charge is 2.51. The van der Waals surface area contributed by atoms with Crippen molar-refractivity contribution in [3.05, 3.63) is 144 Å². The summed E-state index contributed by atoms with van der Waals surface area (Å²) < 4.78 is 26.2. The van der Waals surface area contributed by atoms with Gasteiger partial charge in [0, 0.05) is 5.56 Å². The predicted octanol–water partition coefficient (Wildman–Crippen LogP) is 6.66. The van der Waals surface area contributed by atoms with E-state index in [1.807, 2.05) is 72.8 Å². The highest BCUT2D eigenvalue weighted by Crippen LogP contribution is 2.41. The highest BCUT2D eigenvalue weighted by atomic mass is 32.2. The molecule has 204 valence electrons. The van der Waals surface area contributed by atoms with Crippen molar-refractivity contribution < 1.29 is 18.9 Å². The van der Waals surface area contributed by atoms with Crippen molar-refractivity contribution >= 4 is 16.8 Å². The van der Waals surface area contributed by atoms with Gasteiger partial charge >= 0.3 is 0 Å². The summed E-state index contributed by atoms with van der Waals surface area (Å²) in [5.41, 5.74) is 4.44. The molecule has 2 aliphatic heterocycles. The second kappa shape index (κ2) is 13.4. The van der Waals surface area contributed by atoms with Crippen LogP contribution in [0.25, 0.3) is 0 Å². The first-order chi connectivity index (χ1) is 19.8. The van der Waals surface area contributed by atoms with Gasteiger partial charge in [0.15, 0.2) is 6.23 Å². The molecule has 6 rings (SSSR count). The van der Waals surface area contributed by atoms with Crippen LogP contribution in [-0.2, 0) is 38.8 Å². The van der Waals surface area contributed by atoms with E-state index in [4.69, 9.17) is 23.9 Å². The van der Waals surface area contributed by atoms with E-state index in [1.165, 1.54) is 0 Å². The Labute approximate surface area is 240 Å². The van der Waals surface area contributed by atoms with Crippen LogP contribution in [0.5, 0.6) is 0 Å². The fraction of sp³-hybridized carbons (Fsp3) is 0.265. The molecule has 0 aliphatic carbocycles. The van der Waals surface area contributed by atoms with Crippen LogP contribution < -0.4 is 0 Å². The zero-order chi connectivity index (χ0) is 27.0. The Hall–Kier alpha value is -3.26. The smallest absolute Gasteiger partial charge is 0.165 e. The maximum absolute atomic E-state index is 6.71. The topological polar surface area (TPSA) is 49.3 Å². The van der Waals surface area contributed by atoms with Gasteiger partial charge in [0.05, 0.1) is 31.7 Å². The van der Waals surface area contributed by atoms with E-state index in [2.05, 4.69) is 48.5 Å². The number of aliphatic imine (C=N–C) groups is 1. The van der Waals surface area contributed by atoms with Crippen LogP contribution in [0.1, 0.15) is 22.3 Å².